The number of rotatable bonds is 18. The van der Waals surface area contributed by atoms with Crippen molar-refractivity contribution in [3.8, 4) is 0 Å². The summed E-state index contributed by atoms with van der Waals surface area (Å²) in [6.45, 7) is 27.0. The van der Waals surface area contributed by atoms with Crippen LogP contribution >= 0.6 is 0 Å². The molecule has 35 heavy (non-hydrogen) atoms. The maximum absolute atomic E-state index is 12.3. The quantitative estimate of drug-likeness (QED) is 0.227. The minimum absolute atomic E-state index is 0.0946. The molecule has 0 aromatic carbocycles. The summed E-state index contributed by atoms with van der Waals surface area (Å²) in [5.74, 6) is 0.226. The number of amides is 2. The molecule has 6 nitrogen and oxygen atoms in total. The van der Waals surface area contributed by atoms with Gasteiger partial charge in [-0.3, -0.25) is 9.59 Å². The number of nitrogens with zero attached hydrogens (tertiary/aromatic N) is 1. The zero-order valence-electron chi connectivity index (χ0n) is 25.2. The summed E-state index contributed by atoms with van der Waals surface area (Å²) in [6.07, 6.45) is 5.52. The summed E-state index contributed by atoms with van der Waals surface area (Å²) in [4.78, 5) is 26.7. The molecule has 0 fully saturated rings. The van der Waals surface area contributed by atoms with E-state index in [0.29, 0.717) is 31.3 Å². The van der Waals surface area contributed by atoms with Gasteiger partial charge in [-0.1, -0.05) is 82.1 Å². The van der Waals surface area contributed by atoms with Gasteiger partial charge in [-0.05, 0) is 41.5 Å². The van der Waals surface area contributed by atoms with Crippen LogP contribution in [-0.2, 0) is 9.59 Å². The molecule has 0 bridgehead atoms. The van der Waals surface area contributed by atoms with Gasteiger partial charge < -0.3 is 20.9 Å². The van der Waals surface area contributed by atoms with E-state index in [4.69, 9.17) is 0 Å². The van der Waals surface area contributed by atoms with Crippen molar-refractivity contribution in [1.82, 2.24) is 20.9 Å². The molecule has 208 valence electrons. The van der Waals surface area contributed by atoms with Crippen molar-refractivity contribution in [3.05, 3.63) is 0 Å². The largest absolute Gasteiger partial charge is 0.356 e. The molecule has 0 saturated heterocycles. The van der Waals surface area contributed by atoms with E-state index in [2.05, 4.69) is 90.1 Å². The molecule has 0 atom stereocenters. The molecule has 0 radical (unpaired) electrons. The molecule has 0 rings (SSSR count). The summed E-state index contributed by atoms with van der Waals surface area (Å²) in [7, 11) is 2.04. The fourth-order valence-corrected chi connectivity index (χ4v) is 5.07. The highest BCUT2D eigenvalue weighted by Gasteiger charge is 2.30. The molecular weight excluding hydrogens is 436 g/mol. The highest BCUT2D eigenvalue weighted by molar-refractivity contribution is 5.76. The summed E-state index contributed by atoms with van der Waals surface area (Å²) >= 11 is 0. The number of hydrogen-bond acceptors (Lipinski definition) is 4. The molecular formula is C29H60N4O2. The van der Waals surface area contributed by atoms with E-state index in [1.807, 2.05) is 7.05 Å². The summed E-state index contributed by atoms with van der Waals surface area (Å²) in [5.41, 5.74) is 0.786. The summed E-state index contributed by atoms with van der Waals surface area (Å²) in [6, 6.07) is 0. The molecule has 0 aliphatic heterocycles. The van der Waals surface area contributed by atoms with Crippen molar-refractivity contribution in [3.63, 3.8) is 0 Å². The van der Waals surface area contributed by atoms with E-state index >= 15 is 0 Å². The third-order valence-electron chi connectivity index (χ3n) is 7.07. The monoisotopic (exact) mass is 496 g/mol. The van der Waals surface area contributed by atoms with E-state index in [-0.39, 0.29) is 28.1 Å². The van der Waals surface area contributed by atoms with Gasteiger partial charge >= 0.3 is 0 Å². The van der Waals surface area contributed by atoms with E-state index in [1.54, 1.807) is 0 Å². The molecule has 6 heteroatoms. The number of hydrogen-bond donors (Lipinski definition) is 3. The molecule has 0 aromatic heterocycles. The average Bonchev–Trinajstić information content (AvgIpc) is 2.72. The predicted molar refractivity (Wildman–Crippen MR) is 151 cm³/mol. The number of carbonyl (C=O) groups is 2. The average molecular weight is 497 g/mol. The second kappa shape index (κ2) is 15.2. The Bertz CT molecular complexity index is 619. The standard InChI is InChI=1S/C29H60N4O2/c1-12-29(10,13-2)21-28(8,9)23-31-24(34)14-16-30-17-19-33(11)18-15-25(35)32-22-27(6,7)20-26(3,4)5/h30H,12-23H2,1-11H3,(H,31,34)(H,32,35). The third kappa shape index (κ3) is 17.9. The van der Waals surface area contributed by atoms with Crippen LogP contribution in [0.2, 0.25) is 0 Å². The maximum atomic E-state index is 12.3. The molecule has 0 spiro atoms. The zero-order chi connectivity index (χ0) is 27.3. The predicted octanol–water partition coefficient (Wildman–Crippen LogP) is 5.23. The van der Waals surface area contributed by atoms with Gasteiger partial charge in [-0.15, -0.1) is 0 Å². The van der Waals surface area contributed by atoms with Crippen LogP contribution < -0.4 is 16.0 Å². The van der Waals surface area contributed by atoms with Crippen LogP contribution in [0.4, 0.5) is 0 Å². The highest BCUT2D eigenvalue weighted by atomic mass is 16.2. The number of nitrogens with one attached hydrogen (secondary N) is 3. The minimum Gasteiger partial charge on any atom is -0.356 e. The van der Waals surface area contributed by atoms with E-state index in [1.165, 1.54) is 12.8 Å². The van der Waals surface area contributed by atoms with Crippen LogP contribution in [0.15, 0.2) is 0 Å². The lowest BCUT2D eigenvalue weighted by atomic mass is 9.71. The van der Waals surface area contributed by atoms with Gasteiger partial charge in [-0.25, -0.2) is 0 Å². The van der Waals surface area contributed by atoms with E-state index in [9.17, 15) is 9.59 Å². The first kappa shape index (κ1) is 33.9. The van der Waals surface area contributed by atoms with Crippen molar-refractivity contribution < 1.29 is 9.59 Å². The summed E-state index contributed by atoms with van der Waals surface area (Å²) < 4.78 is 0. The Hall–Kier alpha value is -1.14. The fraction of sp³-hybridized carbons (Fsp3) is 0.931. The van der Waals surface area contributed by atoms with Gasteiger partial charge in [0, 0.05) is 52.1 Å². The Morgan fingerprint density at radius 3 is 1.66 bits per heavy atom. The van der Waals surface area contributed by atoms with E-state index < -0.39 is 0 Å². The van der Waals surface area contributed by atoms with Crippen LogP contribution in [0, 0.1) is 21.7 Å². The van der Waals surface area contributed by atoms with Crippen LogP contribution in [0.25, 0.3) is 0 Å². The lowest BCUT2D eigenvalue weighted by Gasteiger charge is -2.36. The SMILES string of the molecule is CCC(C)(CC)CC(C)(C)CNC(=O)CCNCCN(C)CCC(=O)NCC(C)(C)CC(C)(C)C. The molecule has 0 aromatic rings. The zero-order valence-corrected chi connectivity index (χ0v) is 25.2. The topological polar surface area (TPSA) is 73.5 Å². The molecule has 0 heterocycles. The van der Waals surface area contributed by atoms with Crippen LogP contribution in [0.3, 0.4) is 0 Å². The Balaban J connectivity index is 4.00. The second-order valence-electron chi connectivity index (χ2n) is 13.9. The lowest BCUT2D eigenvalue weighted by molar-refractivity contribution is -0.122. The van der Waals surface area contributed by atoms with Gasteiger partial charge in [0.15, 0.2) is 0 Å². The first-order valence-corrected chi connectivity index (χ1v) is 13.9. The molecule has 0 saturated carbocycles. The maximum Gasteiger partial charge on any atom is 0.221 e. The van der Waals surface area contributed by atoms with Gasteiger partial charge in [0.1, 0.15) is 0 Å². The lowest BCUT2D eigenvalue weighted by Crippen LogP contribution is -2.39. The molecule has 0 aliphatic carbocycles. The second-order valence-corrected chi connectivity index (χ2v) is 13.9. The molecule has 3 N–H and O–H groups in total. The van der Waals surface area contributed by atoms with Crippen molar-refractivity contribution in [2.45, 2.75) is 108 Å². The Kier molecular flexibility index (Phi) is 14.7. The normalized spacial score (nSPS) is 13.3. The van der Waals surface area contributed by atoms with Crippen LogP contribution in [0.1, 0.15) is 108 Å². The smallest absolute Gasteiger partial charge is 0.221 e. The van der Waals surface area contributed by atoms with Crippen molar-refractivity contribution in [2.75, 3.05) is 46.3 Å². The van der Waals surface area contributed by atoms with Crippen molar-refractivity contribution in [2.24, 2.45) is 21.7 Å². The van der Waals surface area contributed by atoms with E-state index in [0.717, 1.165) is 39.0 Å². The van der Waals surface area contributed by atoms with Gasteiger partial charge in [0.05, 0.1) is 0 Å². The highest BCUT2D eigenvalue weighted by Crippen LogP contribution is 2.38. The number of carbonyl (C=O) groups excluding carboxylic acids is 2. The van der Waals surface area contributed by atoms with Gasteiger partial charge in [0.25, 0.3) is 0 Å². The van der Waals surface area contributed by atoms with Crippen molar-refractivity contribution in [1.29, 1.82) is 0 Å². The van der Waals surface area contributed by atoms with Crippen LogP contribution in [-0.4, -0.2) is 63.0 Å². The molecule has 0 aliphatic rings. The fourth-order valence-electron chi connectivity index (χ4n) is 5.07. The number of likely N-dealkylation sites (N-methyl/N-ethyl adjacent to an activating group) is 1. The van der Waals surface area contributed by atoms with Gasteiger partial charge in [0.2, 0.25) is 11.8 Å². The third-order valence-corrected chi connectivity index (χ3v) is 7.07. The Morgan fingerprint density at radius 1 is 0.686 bits per heavy atom. The summed E-state index contributed by atoms with van der Waals surface area (Å²) in [5, 5.41) is 9.58. The van der Waals surface area contributed by atoms with Crippen molar-refractivity contribution >= 4 is 11.8 Å². The Morgan fingerprint density at radius 2 is 1.17 bits per heavy atom. The van der Waals surface area contributed by atoms with Crippen LogP contribution in [0.5, 0.6) is 0 Å². The minimum atomic E-state index is 0.0946. The molecule has 0 unspecified atom stereocenters. The molecule has 2 amide bonds. The van der Waals surface area contributed by atoms with Gasteiger partial charge in [-0.2, -0.15) is 0 Å². The first-order chi connectivity index (χ1) is 15.9. The first-order valence-electron chi connectivity index (χ1n) is 13.9. The Labute approximate surface area is 218 Å².